The summed E-state index contributed by atoms with van der Waals surface area (Å²) in [5.41, 5.74) is 9.24. The third-order valence-electron chi connectivity index (χ3n) is 6.66. The number of aryl methyl sites for hydroxylation is 1. The topological polar surface area (TPSA) is 40.5 Å². The van der Waals surface area contributed by atoms with Gasteiger partial charge in [-0.1, -0.05) is 54.6 Å². The number of aliphatic hydroxyl groups is 2. The minimum Gasteiger partial charge on any atom is -0.387 e. The van der Waals surface area contributed by atoms with Crippen LogP contribution in [-0.2, 0) is 12.8 Å². The van der Waals surface area contributed by atoms with Gasteiger partial charge in [-0.25, -0.2) is 0 Å². The molecule has 0 amide bonds. The molecule has 0 heterocycles. The van der Waals surface area contributed by atoms with Crippen LogP contribution in [0.4, 0.5) is 0 Å². The maximum atomic E-state index is 10.8. The molecule has 2 N–H and O–H groups in total. The lowest BCUT2D eigenvalue weighted by Gasteiger charge is -2.35. The predicted octanol–water partition coefficient (Wildman–Crippen LogP) is 5.61. The van der Waals surface area contributed by atoms with Gasteiger partial charge in [-0.3, -0.25) is 0 Å². The maximum absolute atomic E-state index is 10.8. The van der Waals surface area contributed by atoms with Crippen LogP contribution in [-0.4, -0.2) is 21.4 Å². The first kappa shape index (κ1) is 19.9. The summed E-state index contributed by atoms with van der Waals surface area (Å²) in [4.78, 5) is 0. The Balaban J connectivity index is 1.77. The van der Waals surface area contributed by atoms with Crippen molar-refractivity contribution in [3.8, 4) is 22.3 Å². The molecule has 0 bridgehead atoms. The number of benzene rings is 3. The number of rotatable bonds is 4. The molecule has 0 saturated carbocycles. The van der Waals surface area contributed by atoms with Crippen molar-refractivity contribution in [2.24, 2.45) is 0 Å². The quantitative estimate of drug-likeness (QED) is 0.479. The molecule has 4 rings (SSSR count). The fraction of sp³-hybridized carbons (Fsp3) is 0.333. The fourth-order valence-corrected chi connectivity index (χ4v) is 4.51. The van der Waals surface area contributed by atoms with Crippen LogP contribution in [0.1, 0.15) is 48.6 Å². The number of hydrogen-bond acceptors (Lipinski definition) is 2. The summed E-state index contributed by atoms with van der Waals surface area (Å²) in [6.07, 6.45) is 1.39. The van der Waals surface area contributed by atoms with E-state index in [2.05, 4.69) is 56.3 Å². The van der Waals surface area contributed by atoms with Crippen molar-refractivity contribution in [1.82, 2.24) is 0 Å². The summed E-state index contributed by atoms with van der Waals surface area (Å²) in [7, 11) is 0. The average molecular weight is 387 g/mol. The molecule has 1 aliphatic carbocycles. The van der Waals surface area contributed by atoms with Crippen LogP contribution in [0, 0.1) is 13.8 Å². The Morgan fingerprint density at radius 2 is 1.59 bits per heavy atom. The van der Waals surface area contributed by atoms with Gasteiger partial charge >= 0.3 is 0 Å². The first-order chi connectivity index (χ1) is 13.6. The molecule has 150 valence electrons. The highest BCUT2D eigenvalue weighted by Crippen LogP contribution is 2.43. The summed E-state index contributed by atoms with van der Waals surface area (Å²) in [5, 5.41) is 21.1. The van der Waals surface area contributed by atoms with Crippen molar-refractivity contribution >= 4 is 0 Å². The highest BCUT2D eigenvalue weighted by atomic mass is 16.3. The van der Waals surface area contributed by atoms with E-state index in [4.69, 9.17) is 0 Å². The number of hydrogen-bond donors (Lipinski definition) is 2. The van der Waals surface area contributed by atoms with E-state index in [9.17, 15) is 10.2 Å². The van der Waals surface area contributed by atoms with Crippen molar-refractivity contribution in [3.63, 3.8) is 0 Å². The van der Waals surface area contributed by atoms with Gasteiger partial charge in [0.1, 0.15) is 0 Å². The third-order valence-corrected chi connectivity index (χ3v) is 6.66. The van der Waals surface area contributed by atoms with Crippen molar-refractivity contribution in [3.05, 3.63) is 82.4 Å². The van der Waals surface area contributed by atoms with Gasteiger partial charge in [-0.15, -0.1) is 0 Å². The summed E-state index contributed by atoms with van der Waals surface area (Å²) in [5.74, 6) is 0. The van der Waals surface area contributed by atoms with Crippen LogP contribution in [0.2, 0.25) is 0 Å². The molecule has 2 heteroatoms. The Hall–Kier alpha value is -2.42. The molecule has 0 radical (unpaired) electrons. The Bertz CT molecular complexity index is 1080. The van der Waals surface area contributed by atoms with Crippen molar-refractivity contribution in [2.75, 3.05) is 0 Å². The highest BCUT2D eigenvalue weighted by Gasteiger charge is 2.37. The fourth-order valence-electron chi connectivity index (χ4n) is 4.51. The molecule has 0 aliphatic heterocycles. The van der Waals surface area contributed by atoms with E-state index in [-0.39, 0.29) is 0 Å². The van der Waals surface area contributed by atoms with E-state index in [0.29, 0.717) is 6.42 Å². The molecular formula is C27H30O2. The Morgan fingerprint density at radius 3 is 2.31 bits per heavy atom. The normalized spacial score (nSPS) is 15.0. The lowest BCUT2D eigenvalue weighted by molar-refractivity contribution is -0.118. The van der Waals surface area contributed by atoms with E-state index in [1.807, 2.05) is 12.1 Å². The van der Waals surface area contributed by atoms with Crippen molar-refractivity contribution in [2.45, 2.75) is 58.7 Å². The molecule has 0 saturated heterocycles. The van der Waals surface area contributed by atoms with Gasteiger partial charge in [0.2, 0.25) is 0 Å². The second-order valence-electron chi connectivity index (χ2n) is 9.26. The van der Waals surface area contributed by atoms with E-state index >= 15 is 0 Å². The monoisotopic (exact) mass is 386 g/mol. The Kier molecular flexibility index (Phi) is 4.68. The molecule has 3 aromatic carbocycles. The van der Waals surface area contributed by atoms with E-state index in [1.54, 1.807) is 20.8 Å². The second-order valence-corrected chi connectivity index (χ2v) is 9.26. The Morgan fingerprint density at radius 1 is 0.862 bits per heavy atom. The van der Waals surface area contributed by atoms with Gasteiger partial charge in [-0.05, 0) is 91.1 Å². The maximum Gasteiger partial charge on any atom is 0.0940 e. The molecule has 0 spiro atoms. The van der Waals surface area contributed by atoms with Gasteiger partial charge in [0.15, 0.2) is 0 Å². The van der Waals surface area contributed by atoms with E-state index in [0.717, 1.165) is 12.0 Å². The third kappa shape index (κ3) is 3.41. The van der Waals surface area contributed by atoms with Crippen LogP contribution in [0.3, 0.4) is 0 Å². The lowest BCUT2D eigenvalue weighted by Crippen LogP contribution is -2.49. The minimum absolute atomic E-state index is 0.402. The van der Waals surface area contributed by atoms with Gasteiger partial charge in [0, 0.05) is 6.42 Å². The molecule has 1 atom stereocenters. The van der Waals surface area contributed by atoms with Gasteiger partial charge in [-0.2, -0.15) is 0 Å². The lowest BCUT2D eigenvalue weighted by atomic mass is 9.81. The summed E-state index contributed by atoms with van der Waals surface area (Å²) >= 11 is 0. The van der Waals surface area contributed by atoms with Crippen LogP contribution in [0.5, 0.6) is 0 Å². The highest BCUT2D eigenvalue weighted by molar-refractivity contribution is 5.84. The molecule has 1 aliphatic rings. The zero-order valence-electron chi connectivity index (χ0n) is 18.0. The smallest absolute Gasteiger partial charge is 0.0940 e. The predicted molar refractivity (Wildman–Crippen MR) is 120 cm³/mol. The van der Waals surface area contributed by atoms with E-state index in [1.165, 1.54) is 44.5 Å². The van der Waals surface area contributed by atoms with Crippen molar-refractivity contribution in [1.29, 1.82) is 0 Å². The molecule has 2 nitrogen and oxygen atoms in total. The summed E-state index contributed by atoms with van der Waals surface area (Å²) in [6, 6.07) is 19.4. The van der Waals surface area contributed by atoms with E-state index < -0.39 is 11.2 Å². The SMILES string of the molecule is Cc1cc2c(c(C)c1-c1cccc(CC(C)(O)C(C)(C)O)c1)Cc1ccccc1-2. The molecule has 1 unspecified atom stereocenters. The molecule has 3 aromatic rings. The van der Waals surface area contributed by atoms with Crippen LogP contribution in [0.25, 0.3) is 22.3 Å². The molecule has 0 fully saturated rings. The molecule has 0 aromatic heterocycles. The first-order valence-electron chi connectivity index (χ1n) is 10.3. The number of fused-ring (bicyclic) bond motifs is 3. The largest absolute Gasteiger partial charge is 0.387 e. The summed E-state index contributed by atoms with van der Waals surface area (Å²) < 4.78 is 0. The first-order valence-corrected chi connectivity index (χ1v) is 10.3. The average Bonchev–Trinajstić information content (AvgIpc) is 3.00. The Labute approximate surface area is 173 Å². The molecular weight excluding hydrogens is 356 g/mol. The molecule has 29 heavy (non-hydrogen) atoms. The van der Waals surface area contributed by atoms with Crippen LogP contribution < -0.4 is 0 Å². The van der Waals surface area contributed by atoms with Gasteiger partial charge < -0.3 is 10.2 Å². The zero-order valence-corrected chi connectivity index (χ0v) is 18.0. The van der Waals surface area contributed by atoms with Gasteiger partial charge in [0.25, 0.3) is 0 Å². The second kappa shape index (κ2) is 6.83. The standard InChI is InChI=1S/C27H30O2/c1-17-13-24-22-12-7-6-10-20(22)15-23(24)18(2)25(17)21-11-8-9-19(14-21)16-27(5,29)26(3,4)28/h6-14,28-29H,15-16H2,1-5H3. The van der Waals surface area contributed by atoms with Gasteiger partial charge in [0.05, 0.1) is 11.2 Å². The van der Waals surface area contributed by atoms with Crippen LogP contribution in [0.15, 0.2) is 54.6 Å². The van der Waals surface area contributed by atoms with Crippen molar-refractivity contribution < 1.29 is 10.2 Å². The minimum atomic E-state index is -1.20. The zero-order chi connectivity index (χ0) is 21.0. The van der Waals surface area contributed by atoms with Crippen LogP contribution >= 0.6 is 0 Å². The summed E-state index contributed by atoms with van der Waals surface area (Å²) in [6.45, 7) is 9.42.